The van der Waals surface area contributed by atoms with Crippen molar-refractivity contribution >= 4 is 33.5 Å². The van der Waals surface area contributed by atoms with Crippen molar-refractivity contribution < 1.29 is 4.79 Å². The number of imidazole rings is 1. The summed E-state index contributed by atoms with van der Waals surface area (Å²) in [5.41, 5.74) is 3.16. The van der Waals surface area contributed by atoms with Crippen LogP contribution in [0, 0.1) is 0 Å². The Morgan fingerprint density at radius 2 is 1.79 bits per heavy atom. The summed E-state index contributed by atoms with van der Waals surface area (Å²) in [6.45, 7) is -0.124. The fourth-order valence-electron chi connectivity index (χ4n) is 3.43. The third kappa shape index (κ3) is 4.48. The molecule has 0 saturated heterocycles. The maximum absolute atomic E-state index is 12.5. The second-order valence-corrected chi connectivity index (χ2v) is 8.14. The Bertz CT molecular complexity index is 1550. The average molecular weight is 459 g/mol. The summed E-state index contributed by atoms with van der Waals surface area (Å²) in [5.74, 6) is -0.349. The standard InChI is InChI=1S/C22H17N7O3S/c30-17(10-29-12-24-18-19(29)27-21(32)28-20(18)31)26-22-25-16(11-33-22)9-13-1-3-14(4-2-13)15-5-7-23-8-6-15/h1-8,11-12H,9-10H2,(H,25,26,30)(H2,27,28,31,32). The highest BCUT2D eigenvalue weighted by molar-refractivity contribution is 7.13. The van der Waals surface area contributed by atoms with Crippen molar-refractivity contribution in [3.63, 3.8) is 0 Å². The van der Waals surface area contributed by atoms with Gasteiger partial charge >= 0.3 is 5.69 Å². The minimum absolute atomic E-state index is 0.0638. The zero-order valence-corrected chi connectivity index (χ0v) is 17.9. The van der Waals surface area contributed by atoms with E-state index in [0.29, 0.717) is 11.6 Å². The van der Waals surface area contributed by atoms with Gasteiger partial charge in [0.25, 0.3) is 5.56 Å². The highest BCUT2D eigenvalue weighted by Crippen LogP contribution is 2.22. The van der Waals surface area contributed by atoms with Crippen molar-refractivity contribution in [2.75, 3.05) is 5.32 Å². The number of aromatic amines is 2. The number of rotatable bonds is 6. The largest absolute Gasteiger partial charge is 0.327 e. The molecule has 0 atom stereocenters. The number of pyridine rings is 1. The lowest BCUT2D eigenvalue weighted by molar-refractivity contribution is -0.116. The fourth-order valence-corrected chi connectivity index (χ4v) is 4.15. The van der Waals surface area contributed by atoms with Gasteiger partial charge in [-0.3, -0.25) is 24.5 Å². The molecule has 0 saturated carbocycles. The van der Waals surface area contributed by atoms with E-state index in [0.717, 1.165) is 22.4 Å². The van der Waals surface area contributed by atoms with Gasteiger partial charge in [-0.15, -0.1) is 11.3 Å². The summed E-state index contributed by atoms with van der Waals surface area (Å²) in [6.07, 6.45) is 5.50. The summed E-state index contributed by atoms with van der Waals surface area (Å²) in [5, 5.41) is 5.12. The van der Waals surface area contributed by atoms with Crippen molar-refractivity contribution in [2.45, 2.75) is 13.0 Å². The molecule has 1 amide bonds. The van der Waals surface area contributed by atoms with Crippen molar-refractivity contribution in [3.8, 4) is 11.1 Å². The predicted octanol–water partition coefficient (Wildman–Crippen LogP) is 2.16. The molecule has 164 valence electrons. The summed E-state index contributed by atoms with van der Waals surface area (Å²) >= 11 is 1.33. The van der Waals surface area contributed by atoms with E-state index in [4.69, 9.17) is 0 Å². The van der Waals surface area contributed by atoms with Crippen LogP contribution in [0.25, 0.3) is 22.3 Å². The first-order valence-electron chi connectivity index (χ1n) is 9.96. The van der Waals surface area contributed by atoms with E-state index in [1.165, 1.54) is 22.2 Å². The van der Waals surface area contributed by atoms with Crippen molar-refractivity contribution in [2.24, 2.45) is 0 Å². The van der Waals surface area contributed by atoms with Crippen LogP contribution in [0.15, 0.2) is 70.1 Å². The first kappa shape index (κ1) is 20.5. The minimum Gasteiger partial charge on any atom is -0.307 e. The SMILES string of the molecule is O=C(Cn1cnc2c(=O)[nH]c(=O)[nH]c21)Nc1nc(Cc2ccc(-c3ccncc3)cc2)cs1. The zero-order valence-electron chi connectivity index (χ0n) is 17.1. The van der Waals surface area contributed by atoms with Crippen molar-refractivity contribution in [1.29, 1.82) is 0 Å². The van der Waals surface area contributed by atoms with E-state index in [-0.39, 0.29) is 23.6 Å². The lowest BCUT2D eigenvalue weighted by Crippen LogP contribution is -2.24. The Kier molecular flexibility index (Phi) is 5.37. The van der Waals surface area contributed by atoms with Crippen LogP contribution in [-0.4, -0.2) is 35.4 Å². The molecular weight excluding hydrogens is 442 g/mol. The number of nitrogens with one attached hydrogen (secondary N) is 3. The highest BCUT2D eigenvalue weighted by Gasteiger charge is 2.13. The third-order valence-electron chi connectivity index (χ3n) is 4.98. The lowest BCUT2D eigenvalue weighted by atomic mass is 10.0. The normalized spacial score (nSPS) is 11.0. The van der Waals surface area contributed by atoms with Gasteiger partial charge < -0.3 is 9.88 Å². The Labute approximate surface area is 190 Å². The Morgan fingerprint density at radius 3 is 2.58 bits per heavy atom. The second kappa shape index (κ2) is 8.63. The van der Waals surface area contributed by atoms with Crippen LogP contribution in [0.3, 0.4) is 0 Å². The maximum atomic E-state index is 12.5. The molecule has 11 heteroatoms. The van der Waals surface area contributed by atoms with E-state index < -0.39 is 11.2 Å². The van der Waals surface area contributed by atoms with E-state index >= 15 is 0 Å². The first-order valence-corrected chi connectivity index (χ1v) is 10.8. The summed E-state index contributed by atoms with van der Waals surface area (Å²) in [7, 11) is 0. The molecule has 4 aromatic heterocycles. The average Bonchev–Trinajstić information content (AvgIpc) is 3.42. The molecule has 0 aliphatic heterocycles. The van der Waals surface area contributed by atoms with Crippen molar-refractivity contribution in [3.05, 3.63) is 92.6 Å². The smallest absolute Gasteiger partial charge is 0.307 e. The van der Waals surface area contributed by atoms with Gasteiger partial charge in [-0.2, -0.15) is 0 Å². The number of aromatic nitrogens is 6. The van der Waals surface area contributed by atoms with Crippen LogP contribution in [-0.2, 0) is 17.8 Å². The van der Waals surface area contributed by atoms with E-state index in [9.17, 15) is 14.4 Å². The van der Waals surface area contributed by atoms with Gasteiger partial charge in [0, 0.05) is 24.2 Å². The number of carbonyl (C=O) groups excluding carboxylic acids is 1. The number of fused-ring (bicyclic) bond motifs is 1. The number of hydrogen-bond acceptors (Lipinski definition) is 7. The van der Waals surface area contributed by atoms with Crippen molar-refractivity contribution in [1.82, 2.24) is 29.5 Å². The first-order chi connectivity index (χ1) is 16.0. The number of benzene rings is 1. The number of thiazole rings is 1. The van der Waals surface area contributed by atoms with E-state index in [2.05, 4.69) is 54.5 Å². The van der Waals surface area contributed by atoms with Gasteiger partial charge in [0.2, 0.25) is 5.91 Å². The molecule has 33 heavy (non-hydrogen) atoms. The molecule has 4 heterocycles. The number of hydrogen-bond donors (Lipinski definition) is 3. The molecule has 0 radical (unpaired) electrons. The Balaban J connectivity index is 1.23. The number of H-pyrrole nitrogens is 2. The number of carbonyl (C=O) groups is 1. The summed E-state index contributed by atoms with van der Waals surface area (Å²) < 4.78 is 1.40. The van der Waals surface area contributed by atoms with Gasteiger partial charge in [-0.25, -0.2) is 14.8 Å². The monoisotopic (exact) mass is 459 g/mol. The predicted molar refractivity (Wildman–Crippen MR) is 124 cm³/mol. The van der Waals surface area contributed by atoms with Gasteiger partial charge in [-0.1, -0.05) is 24.3 Å². The lowest BCUT2D eigenvalue weighted by Gasteiger charge is -2.04. The molecule has 5 rings (SSSR count). The van der Waals surface area contributed by atoms with Gasteiger partial charge in [0.15, 0.2) is 10.6 Å². The number of nitrogens with zero attached hydrogens (tertiary/aromatic N) is 4. The van der Waals surface area contributed by atoms with Gasteiger partial charge in [0.1, 0.15) is 12.2 Å². The van der Waals surface area contributed by atoms with Crippen LogP contribution in [0.2, 0.25) is 0 Å². The van der Waals surface area contributed by atoms with Crippen LogP contribution in [0.5, 0.6) is 0 Å². The molecule has 0 aliphatic rings. The third-order valence-corrected chi connectivity index (χ3v) is 5.78. The summed E-state index contributed by atoms with van der Waals surface area (Å²) in [4.78, 5) is 52.8. The molecule has 0 aliphatic carbocycles. The van der Waals surface area contributed by atoms with Gasteiger partial charge in [-0.05, 0) is 28.8 Å². The number of anilines is 1. The molecule has 0 unspecified atom stereocenters. The quantitative estimate of drug-likeness (QED) is 0.356. The molecule has 10 nitrogen and oxygen atoms in total. The molecule has 1 aromatic carbocycles. The molecular formula is C22H17N7O3S. The summed E-state index contributed by atoms with van der Waals surface area (Å²) in [6, 6.07) is 12.2. The van der Waals surface area contributed by atoms with E-state index in [1.54, 1.807) is 12.4 Å². The molecule has 5 aromatic rings. The fraction of sp³-hybridized carbons (Fsp3) is 0.0909. The topological polar surface area (TPSA) is 138 Å². The molecule has 0 fully saturated rings. The van der Waals surface area contributed by atoms with Crippen LogP contribution < -0.4 is 16.6 Å². The highest BCUT2D eigenvalue weighted by atomic mass is 32.1. The van der Waals surface area contributed by atoms with E-state index in [1.807, 2.05) is 17.5 Å². The number of amides is 1. The Hall–Kier alpha value is -4.38. The molecule has 0 spiro atoms. The van der Waals surface area contributed by atoms with Crippen LogP contribution in [0.4, 0.5) is 5.13 Å². The molecule has 3 N–H and O–H groups in total. The van der Waals surface area contributed by atoms with Crippen LogP contribution in [0.1, 0.15) is 11.3 Å². The molecule has 0 bridgehead atoms. The zero-order chi connectivity index (χ0) is 22.8. The minimum atomic E-state index is -0.659. The van der Waals surface area contributed by atoms with Crippen LogP contribution >= 0.6 is 11.3 Å². The Morgan fingerprint density at radius 1 is 1.03 bits per heavy atom. The van der Waals surface area contributed by atoms with Gasteiger partial charge in [0.05, 0.1) is 12.0 Å². The second-order valence-electron chi connectivity index (χ2n) is 7.28. The maximum Gasteiger partial charge on any atom is 0.327 e.